The van der Waals surface area contributed by atoms with E-state index in [1.165, 1.54) is 0 Å². The smallest absolute Gasteiger partial charge is 0.255 e. The minimum atomic E-state index is -0.109. The van der Waals surface area contributed by atoms with Crippen molar-refractivity contribution in [2.75, 3.05) is 25.0 Å². The van der Waals surface area contributed by atoms with Crippen molar-refractivity contribution in [2.24, 2.45) is 0 Å². The normalized spacial score (nSPS) is 13.0. The highest BCUT2D eigenvalue weighted by atomic mass is 32.1. The Labute approximate surface area is 127 Å². The number of hydrogen-bond donors (Lipinski definition) is 2. The molecule has 1 aromatic heterocycles. The molecule has 1 amide bonds. The van der Waals surface area contributed by atoms with Crippen molar-refractivity contribution in [1.29, 1.82) is 0 Å². The fourth-order valence-corrected chi connectivity index (χ4v) is 2.92. The molecule has 2 heterocycles. The number of nitrogens with zero attached hydrogens (tertiary/aromatic N) is 1. The van der Waals surface area contributed by atoms with E-state index in [2.05, 4.69) is 15.6 Å². The van der Waals surface area contributed by atoms with E-state index < -0.39 is 0 Å². The van der Waals surface area contributed by atoms with Crippen LogP contribution in [0.2, 0.25) is 0 Å². The molecule has 2 N–H and O–H groups in total. The molecule has 6 heteroatoms. The highest BCUT2D eigenvalue weighted by Crippen LogP contribution is 2.30. The molecule has 0 saturated heterocycles. The van der Waals surface area contributed by atoms with Gasteiger partial charge >= 0.3 is 0 Å². The molecule has 0 bridgehead atoms. The van der Waals surface area contributed by atoms with Gasteiger partial charge in [0.05, 0.1) is 22.0 Å². The van der Waals surface area contributed by atoms with Crippen LogP contribution >= 0.6 is 11.3 Å². The molecule has 0 saturated carbocycles. The summed E-state index contributed by atoms with van der Waals surface area (Å²) in [4.78, 5) is 16.7. The van der Waals surface area contributed by atoms with Crippen molar-refractivity contribution >= 4 is 22.9 Å². The highest BCUT2D eigenvalue weighted by molar-refractivity contribution is 7.09. The first-order chi connectivity index (χ1) is 10.2. The Bertz CT molecular complexity index is 654. The monoisotopic (exact) mass is 303 g/mol. The average Bonchev–Trinajstić information content (AvgIpc) is 2.92. The first kappa shape index (κ1) is 13.9. The van der Waals surface area contributed by atoms with E-state index in [-0.39, 0.29) is 5.91 Å². The molecule has 1 aliphatic heterocycles. The Morgan fingerprint density at radius 3 is 3.24 bits per heavy atom. The third kappa shape index (κ3) is 3.16. The Morgan fingerprint density at radius 2 is 2.43 bits per heavy atom. The zero-order valence-electron chi connectivity index (χ0n) is 11.8. The van der Waals surface area contributed by atoms with Crippen molar-refractivity contribution in [3.8, 4) is 5.75 Å². The van der Waals surface area contributed by atoms with Crippen molar-refractivity contribution < 1.29 is 9.53 Å². The van der Waals surface area contributed by atoms with Crippen molar-refractivity contribution in [2.45, 2.75) is 13.3 Å². The number of carbonyl (C=O) groups excluding carboxylic acids is 1. The number of amides is 1. The predicted octanol–water partition coefficient (Wildman–Crippen LogP) is 2.23. The van der Waals surface area contributed by atoms with Crippen LogP contribution in [0.25, 0.3) is 0 Å². The number of hydrogen-bond acceptors (Lipinski definition) is 5. The molecular formula is C15H17N3O2S. The molecule has 5 nitrogen and oxygen atoms in total. The number of thiazole rings is 1. The molecule has 0 spiro atoms. The minimum Gasteiger partial charge on any atom is -0.489 e. The second-order valence-corrected chi connectivity index (χ2v) is 5.88. The summed E-state index contributed by atoms with van der Waals surface area (Å²) in [6.07, 6.45) is 0.740. The second kappa shape index (κ2) is 6.13. The van der Waals surface area contributed by atoms with E-state index >= 15 is 0 Å². The molecule has 0 radical (unpaired) electrons. The molecule has 0 fully saturated rings. The number of aromatic nitrogens is 1. The lowest BCUT2D eigenvalue weighted by Crippen LogP contribution is -2.28. The zero-order chi connectivity index (χ0) is 14.7. The van der Waals surface area contributed by atoms with E-state index in [1.807, 2.05) is 24.4 Å². The summed E-state index contributed by atoms with van der Waals surface area (Å²) in [5.74, 6) is 0.535. The van der Waals surface area contributed by atoms with E-state index in [9.17, 15) is 4.79 Å². The lowest BCUT2D eigenvalue weighted by Gasteiger charge is -2.21. The van der Waals surface area contributed by atoms with Gasteiger partial charge < -0.3 is 15.4 Å². The Kier molecular flexibility index (Phi) is 4.06. The fraction of sp³-hybridized carbons (Fsp3) is 0.333. The predicted molar refractivity (Wildman–Crippen MR) is 83.3 cm³/mol. The quantitative estimate of drug-likeness (QED) is 0.909. The van der Waals surface area contributed by atoms with Gasteiger partial charge in [0.2, 0.25) is 0 Å². The number of anilines is 1. The van der Waals surface area contributed by atoms with Gasteiger partial charge in [0.1, 0.15) is 6.61 Å². The number of fused-ring (bicyclic) bond motifs is 1. The molecule has 2 aromatic rings. The number of ether oxygens (including phenoxy) is 1. The molecule has 0 unspecified atom stereocenters. The van der Waals surface area contributed by atoms with E-state index in [4.69, 9.17) is 4.74 Å². The van der Waals surface area contributed by atoms with Crippen LogP contribution in [0.1, 0.15) is 21.1 Å². The molecular weight excluding hydrogens is 286 g/mol. The van der Waals surface area contributed by atoms with Gasteiger partial charge in [-0.3, -0.25) is 4.79 Å². The minimum absolute atomic E-state index is 0.109. The van der Waals surface area contributed by atoms with E-state index in [0.717, 1.165) is 29.4 Å². The van der Waals surface area contributed by atoms with Crippen LogP contribution in [0.5, 0.6) is 5.75 Å². The van der Waals surface area contributed by atoms with Crippen molar-refractivity contribution in [1.82, 2.24) is 10.3 Å². The van der Waals surface area contributed by atoms with E-state index in [1.54, 1.807) is 17.4 Å². The summed E-state index contributed by atoms with van der Waals surface area (Å²) < 4.78 is 5.61. The van der Waals surface area contributed by atoms with Crippen LogP contribution in [0, 0.1) is 6.92 Å². The summed E-state index contributed by atoms with van der Waals surface area (Å²) in [5.41, 5.74) is 2.48. The molecule has 110 valence electrons. The first-order valence-electron chi connectivity index (χ1n) is 6.93. The summed E-state index contributed by atoms with van der Waals surface area (Å²) in [7, 11) is 0. The van der Waals surface area contributed by atoms with E-state index in [0.29, 0.717) is 24.5 Å². The number of rotatable bonds is 4. The summed E-state index contributed by atoms with van der Waals surface area (Å²) in [6, 6.07) is 5.57. The lowest BCUT2D eigenvalue weighted by molar-refractivity contribution is 0.0950. The average molecular weight is 303 g/mol. The first-order valence-corrected chi connectivity index (χ1v) is 7.81. The van der Waals surface area contributed by atoms with Gasteiger partial charge in [-0.25, -0.2) is 4.98 Å². The van der Waals surface area contributed by atoms with Gasteiger partial charge in [0, 0.05) is 24.9 Å². The Morgan fingerprint density at radius 1 is 1.52 bits per heavy atom. The molecule has 0 atom stereocenters. The van der Waals surface area contributed by atoms with Gasteiger partial charge in [0.15, 0.2) is 5.75 Å². The maximum absolute atomic E-state index is 12.3. The molecule has 1 aliphatic rings. The Hall–Kier alpha value is -2.08. The fourth-order valence-electron chi connectivity index (χ4n) is 2.27. The van der Waals surface area contributed by atoms with Gasteiger partial charge in [-0.2, -0.15) is 0 Å². The summed E-state index contributed by atoms with van der Waals surface area (Å²) >= 11 is 1.63. The number of carbonyl (C=O) groups is 1. The standard InChI is InChI=1S/C15H17N3O2S/c1-10-18-11(9-21-10)5-6-17-15(19)12-3-2-4-13-14(12)20-8-7-16-13/h2-4,9,16H,5-8H2,1H3,(H,17,19). The zero-order valence-corrected chi connectivity index (χ0v) is 12.6. The van der Waals surface area contributed by atoms with Crippen LogP contribution in [-0.4, -0.2) is 30.6 Å². The van der Waals surface area contributed by atoms with Crippen molar-refractivity contribution in [3.63, 3.8) is 0 Å². The molecule has 21 heavy (non-hydrogen) atoms. The van der Waals surface area contributed by atoms with Crippen LogP contribution in [0.3, 0.4) is 0 Å². The summed E-state index contributed by atoms with van der Waals surface area (Å²) in [5, 5.41) is 9.23. The SMILES string of the molecule is Cc1nc(CCNC(=O)c2cccc3c2OCCN3)cs1. The molecule has 1 aromatic carbocycles. The number of para-hydroxylation sites is 1. The number of aryl methyl sites for hydroxylation is 1. The van der Waals surface area contributed by atoms with Crippen LogP contribution in [0.15, 0.2) is 23.6 Å². The van der Waals surface area contributed by atoms with Crippen LogP contribution in [0.4, 0.5) is 5.69 Å². The topological polar surface area (TPSA) is 63.2 Å². The maximum Gasteiger partial charge on any atom is 0.255 e. The highest BCUT2D eigenvalue weighted by Gasteiger charge is 2.18. The summed E-state index contributed by atoms with van der Waals surface area (Å²) in [6.45, 7) is 3.89. The number of benzene rings is 1. The van der Waals surface area contributed by atoms with Gasteiger partial charge in [0.25, 0.3) is 5.91 Å². The Balaban J connectivity index is 1.63. The van der Waals surface area contributed by atoms with Crippen molar-refractivity contribution in [3.05, 3.63) is 39.8 Å². The third-order valence-electron chi connectivity index (χ3n) is 3.26. The largest absolute Gasteiger partial charge is 0.489 e. The maximum atomic E-state index is 12.3. The van der Waals surface area contributed by atoms with Crippen LogP contribution < -0.4 is 15.4 Å². The number of nitrogens with one attached hydrogen (secondary N) is 2. The van der Waals surface area contributed by atoms with Crippen LogP contribution in [-0.2, 0) is 6.42 Å². The van der Waals surface area contributed by atoms with Gasteiger partial charge in [-0.05, 0) is 19.1 Å². The molecule has 3 rings (SSSR count). The molecule has 0 aliphatic carbocycles. The second-order valence-electron chi connectivity index (χ2n) is 4.82. The lowest BCUT2D eigenvalue weighted by atomic mass is 10.1. The third-order valence-corrected chi connectivity index (χ3v) is 4.08. The van der Waals surface area contributed by atoms with Gasteiger partial charge in [-0.1, -0.05) is 6.07 Å². The van der Waals surface area contributed by atoms with Gasteiger partial charge in [-0.15, -0.1) is 11.3 Å².